The number of nitrogens with one attached hydrogen (secondary N) is 1. The lowest BCUT2D eigenvalue weighted by Crippen LogP contribution is -2.49. The normalized spacial score (nSPS) is 25.7. The lowest BCUT2D eigenvalue weighted by molar-refractivity contribution is 0.0991. The van der Waals surface area contributed by atoms with Gasteiger partial charge in [-0.25, -0.2) is 4.39 Å². The molecule has 0 bridgehead atoms. The summed E-state index contributed by atoms with van der Waals surface area (Å²) in [6, 6.07) is 8.06. The molecule has 1 atom stereocenters. The minimum absolute atomic E-state index is 0.166. The molecule has 1 aromatic carbocycles. The minimum atomic E-state index is -0.166. The molecule has 0 aromatic heterocycles. The lowest BCUT2D eigenvalue weighted by Gasteiger charge is -2.42. The van der Waals surface area contributed by atoms with Gasteiger partial charge in [-0.05, 0) is 56.5 Å². The van der Waals surface area contributed by atoms with E-state index in [1.165, 1.54) is 50.8 Å². The molecule has 2 fully saturated rings. The molecule has 2 nitrogen and oxygen atoms in total. The van der Waals surface area contributed by atoms with Crippen LogP contribution in [0.1, 0.15) is 32.1 Å². The molecule has 1 aliphatic carbocycles. The molecular weight excluding hydrogens is 227 g/mol. The maximum Gasteiger partial charge on any atom is 0.123 e. The van der Waals surface area contributed by atoms with Gasteiger partial charge in [-0.3, -0.25) is 4.90 Å². The summed E-state index contributed by atoms with van der Waals surface area (Å²) >= 11 is 0. The van der Waals surface area contributed by atoms with Gasteiger partial charge in [0.2, 0.25) is 0 Å². The Kier molecular flexibility index (Phi) is 3.50. The number of rotatable bonds is 3. The van der Waals surface area contributed by atoms with E-state index < -0.39 is 0 Å². The largest absolute Gasteiger partial charge is 0.381 e. The average molecular weight is 248 g/mol. The van der Waals surface area contributed by atoms with Crippen LogP contribution < -0.4 is 5.32 Å². The highest BCUT2D eigenvalue weighted by Crippen LogP contribution is 2.28. The molecule has 1 N–H and O–H groups in total. The quantitative estimate of drug-likeness (QED) is 0.883. The molecule has 0 unspecified atom stereocenters. The van der Waals surface area contributed by atoms with Gasteiger partial charge in [0, 0.05) is 24.3 Å². The predicted molar refractivity (Wildman–Crippen MR) is 72.3 cm³/mol. The smallest absolute Gasteiger partial charge is 0.123 e. The van der Waals surface area contributed by atoms with Crippen molar-refractivity contribution in [2.24, 2.45) is 0 Å². The van der Waals surface area contributed by atoms with Gasteiger partial charge in [0.1, 0.15) is 5.82 Å². The van der Waals surface area contributed by atoms with E-state index in [1.807, 2.05) is 12.1 Å². The van der Waals surface area contributed by atoms with E-state index in [9.17, 15) is 4.39 Å². The predicted octanol–water partition coefficient (Wildman–Crippen LogP) is 3.25. The van der Waals surface area contributed by atoms with Crippen molar-refractivity contribution in [1.29, 1.82) is 0 Å². The topological polar surface area (TPSA) is 15.3 Å². The van der Waals surface area contributed by atoms with Crippen molar-refractivity contribution in [2.75, 3.05) is 18.4 Å². The third kappa shape index (κ3) is 2.66. The average Bonchev–Trinajstić information content (AvgIpc) is 2.31. The first-order chi connectivity index (χ1) is 8.81. The van der Waals surface area contributed by atoms with Gasteiger partial charge in [0.15, 0.2) is 0 Å². The summed E-state index contributed by atoms with van der Waals surface area (Å²) in [4.78, 5) is 2.63. The molecule has 1 saturated heterocycles. The van der Waals surface area contributed by atoms with Gasteiger partial charge in [-0.2, -0.15) is 0 Å². The number of nitrogens with zero attached hydrogens (tertiary/aromatic N) is 1. The molecule has 18 heavy (non-hydrogen) atoms. The highest BCUT2D eigenvalue weighted by Gasteiger charge is 2.29. The number of hydrogen-bond acceptors (Lipinski definition) is 2. The van der Waals surface area contributed by atoms with Crippen LogP contribution >= 0.6 is 0 Å². The molecule has 2 aliphatic rings. The van der Waals surface area contributed by atoms with Crippen LogP contribution in [0.2, 0.25) is 0 Å². The number of halogens is 1. The van der Waals surface area contributed by atoms with Crippen LogP contribution in [-0.2, 0) is 0 Å². The van der Waals surface area contributed by atoms with Crippen LogP contribution in [0, 0.1) is 5.82 Å². The first kappa shape index (κ1) is 12.0. The molecule has 1 saturated carbocycles. The summed E-state index contributed by atoms with van der Waals surface area (Å²) in [5.41, 5.74) is 1.04. The molecule has 98 valence electrons. The van der Waals surface area contributed by atoms with Crippen molar-refractivity contribution in [3.63, 3.8) is 0 Å². The second-order valence-electron chi connectivity index (χ2n) is 5.57. The third-order valence-electron chi connectivity index (χ3n) is 4.26. The van der Waals surface area contributed by atoms with Crippen LogP contribution in [0.15, 0.2) is 24.3 Å². The molecule has 0 spiro atoms. The molecule has 1 heterocycles. The summed E-state index contributed by atoms with van der Waals surface area (Å²) in [6.45, 7) is 2.40. The van der Waals surface area contributed by atoms with E-state index in [0.717, 1.165) is 18.3 Å². The van der Waals surface area contributed by atoms with E-state index in [2.05, 4.69) is 10.2 Å². The van der Waals surface area contributed by atoms with E-state index in [0.29, 0.717) is 6.04 Å². The van der Waals surface area contributed by atoms with Crippen LogP contribution in [0.25, 0.3) is 0 Å². The van der Waals surface area contributed by atoms with Crippen molar-refractivity contribution in [3.05, 3.63) is 30.1 Å². The number of piperidine rings is 1. The summed E-state index contributed by atoms with van der Waals surface area (Å²) < 4.78 is 12.9. The minimum Gasteiger partial charge on any atom is -0.381 e. The van der Waals surface area contributed by atoms with E-state index in [-0.39, 0.29) is 5.82 Å². The van der Waals surface area contributed by atoms with Crippen LogP contribution in [-0.4, -0.2) is 30.1 Å². The van der Waals surface area contributed by atoms with Crippen molar-refractivity contribution in [1.82, 2.24) is 4.90 Å². The molecular formula is C15H21FN2. The van der Waals surface area contributed by atoms with Crippen molar-refractivity contribution in [3.8, 4) is 0 Å². The van der Waals surface area contributed by atoms with Crippen molar-refractivity contribution < 1.29 is 4.39 Å². The highest BCUT2D eigenvalue weighted by molar-refractivity contribution is 5.43. The Balaban J connectivity index is 1.57. The Morgan fingerprint density at radius 2 is 1.83 bits per heavy atom. The Morgan fingerprint density at radius 3 is 2.50 bits per heavy atom. The maximum absolute atomic E-state index is 12.9. The van der Waals surface area contributed by atoms with E-state index in [4.69, 9.17) is 0 Å². The molecule has 3 rings (SSSR count). The molecule has 0 amide bonds. The third-order valence-corrected chi connectivity index (χ3v) is 4.26. The van der Waals surface area contributed by atoms with E-state index >= 15 is 0 Å². The van der Waals surface area contributed by atoms with Gasteiger partial charge < -0.3 is 5.32 Å². The van der Waals surface area contributed by atoms with Gasteiger partial charge >= 0.3 is 0 Å². The maximum atomic E-state index is 12.9. The fourth-order valence-corrected chi connectivity index (χ4v) is 2.99. The summed E-state index contributed by atoms with van der Waals surface area (Å²) in [6.07, 6.45) is 6.65. The first-order valence-electron chi connectivity index (χ1n) is 7.07. The Hall–Kier alpha value is -1.09. The monoisotopic (exact) mass is 248 g/mol. The zero-order valence-electron chi connectivity index (χ0n) is 10.7. The Labute approximate surface area is 108 Å². The van der Waals surface area contributed by atoms with Crippen molar-refractivity contribution in [2.45, 2.75) is 44.2 Å². The molecule has 0 radical (unpaired) electrons. The van der Waals surface area contributed by atoms with Crippen molar-refractivity contribution >= 4 is 5.69 Å². The number of likely N-dealkylation sites (tertiary alicyclic amines) is 1. The lowest BCUT2D eigenvalue weighted by atomic mass is 9.89. The number of benzene rings is 1. The zero-order chi connectivity index (χ0) is 12.4. The van der Waals surface area contributed by atoms with E-state index in [1.54, 1.807) is 0 Å². The van der Waals surface area contributed by atoms with Gasteiger partial charge in [0.05, 0.1) is 0 Å². The fraction of sp³-hybridized carbons (Fsp3) is 0.600. The summed E-state index contributed by atoms with van der Waals surface area (Å²) in [7, 11) is 0. The Morgan fingerprint density at radius 1 is 1.06 bits per heavy atom. The van der Waals surface area contributed by atoms with Crippen LogP contribution in [0.5, 0.6) is 0 Å². The SMILES string of the molecule is Fc1ccc(N[C@@H]2CCCN(C3CCC3)C2)cc1. The van der Waals surface area contributed by atoms with Crippen LogP contribution in [0.4, 0.5) is 10.1 Å². The number of anilines is 1. The second kappa shape index (κ2) is 5.27. The second-order valence-corrected chi connectivity index (χ2v) is 5.57. The zero-order valence-corrected chi connectivity index (χ0v) is 10.7. The van der Waals surface area contributed by atoms with Gasteiger partial charge in [-0.1, -0.05) is 6.42 Å². The van der Waals surface area contributed by atoms with Gasteiger partial charge in [-0.15, -0.1) is 0 Å². The fourth-order valence-electron chi connectivity index (χ4n) is 2.99. The standard InChI is InChI=1S/C15H21FN2/c16-12-6-8-13(9-7-12)17-14-3-2-10-18(11-14)15-4-1-5-15/h6-9,14-15,17H,1-5,10-11H2/t14-/m1/s1. The van der Waals surface area contributed by atoms with Gasteiger partial charge in [0.25, 0.3) is 0 Å². The first-order valence-corrected chi connectivity index (χ1v) is 7.07. The molecule has 1 aromatic rings. The molecule has 3 heteroatoms. The molecule has 1 aliphatic heterocycles. The number of hydrogen-bond donors (Lipinski definition) is 1. The Bertz CT molecular complexity index is 386. The summed E-state index contributed by atoms with van der Waals surface area (Å²) in [5, 5.41) is 3.53. The highest BCUT2D eigenvalue weighted by atomic mass is 19.1. The van der Waals surface area contributed by atoms with Crippen LogP contribution in [0.3, 0.4) is 0 Å². The summed E-state index contributed by atoms with van der Waals surface area (Å²) in [5.74, 6) is -0.166.